The molecule has 0 aromatic heterocycles. The smallest absolute Gasteiger partial charge is 0.293 e. The number of carbonyl (C=O) groups is 2. The number of methoxy groups -OCH3 is 1. The number of hydrogen-bond donors (Lipinski definition) is 0. The maximum atomic E-state index is 12.9. The first-order chi connectivity index (χ1) is 11.6. The molecule has 24 heavy (non-hydrogen) atoms. The van der Waals surface area contributed by atoms with Crippen molar-refractivity contribution < 1.29 is 18.7 Å². The Kier molecular flexibility index (Phi) is 4.66. The molecule has 6 heteroatoms. The first-order valence-corrected chi connectivity index (χ1v) is 8.02. The molecule has 1 aliphatic heterocycles. The summed E-state index contributed by atoms with van der Waals surface area (Å²) in [5.74, 6) is -0.0303. The second-order valence-corrected chi connectivity index (χ2v) is 6.16. The van der Waals surface area contributed by atoms with Crippen LogP contribution in [0.4, 0.5) is 9.18 Å². The van der Waals surface area contributed by atoms with Gasteiger partial charge in [0.1, 0.15) is 11.6 Å². The lowest BCUT2D eigenvalue weighted by molar-refractivity contribution is -0.123. The lowest BCUT2D eigenvalue weighted by Crippen LogP contribution is -2.27. The van der Waals surface area contributed by atoms with Crippen LogP contribution < -0.4 is 4.74 Å². The van der Waals surface area contributed by atoms with Crippen LogP contribution in [0.15, 0.2) is 53.4 Å². The molecule has 122 valence electrons. The van der Waals surface area contributed by atoms with Crippen LogP contribution in [0.2, 0.25) is 0 Å². The molecule has 2 aromatic rings. The van der Waals surface area contributed by atoms with E-state index in [9.17, 15) is 14.0 Å². The van der Waals surface area contributed by atoms with Crippen molar-refractivity contribution in [2.75, 3.05) is 7.11 Å². The molecule has 0 unspecified atom stereocenters. The van der Waals surface area contributed by atoms with Gasteiger partial charge < -0.3 is 4.74 Å². The Morgan fingerprint density at radius 3 is 2.62 bits per heavy atom. The van der Waals surface area contributed by atoms with E-state index >= 15 is 0 Å². The maximum absolute atomic E-state index is 12.9. The number of imide groups is 1. The van der Waals surface area contributed by atoms with Crippen molar-refractivity contribution in [2.24, 2.45) is 0 Å². The van der Waals surface area contributed by atoms with Gasteiger partial charge in [0.15, 0.2) is 0 Å². The third-order valence-electron chi connectivity index (χ3n) is 3.52. The van der Waals surface area contributed by atoms with E-state index in [4.69, 9.17) is 4.74 Å². The number of thioether (sulfide) groups is 1. The van der Waals surface area contributed by atoms with Crippen LogP contribution >= 0.6 is 11.8 Å². The largest absolute Gasteiger partial charge is 0.497 e. The molecule has 1 fully saturated rings. The van der Waals surface area contributed by atoms with Crippen molar-refractivity contribution in [1.29, 1.82) is 0 Å². The fourth-order valence-corrected chi connectivity index (χ4v) is 3.13. The molecule has 0 atom stereocenters. The van der Waals surface area contributed by atoms with Gasteiger partial charge in [-0.25, -0.2) is 4.39 Å². The van der Waals surface area contributed by atoms with E-state index in [1.807, 2.05) is 12.1 Å². The predicted octanol–water partition coefficient (Wildman–Crippen LogP) is 4.07. The normalized spacial score (nSPS) is 16.1. The molecule has 0 bridgehead atoms. The van der Waals surface area contributed by atoms with Crippen molar-refractivity contribution in [1.82, 2.24) is 4.90 Å². The van der Waals surface area contributed by atoms with E-state index in [1.165, 1.54) is 12.1 Å². The highest BCUT2D eigenvalue weighted by molar-refractivity contribution is 8.18. The molecule has 0 spiro atoms. The highest BCUT2D eigenvalue weighted by Gasteiger charge is 2.34. The van der Waals surface area contributed by atoms with Gasteiger partial charge in [0.25, 0.3) is 11.1 Å². The molecule has 0 radical (unpaired) electrons. The molecule has 2 aromatic carbocycles. The summed E-state index contributed by atoms with van der Waals surface area (Å²) >= 11 is 0.896. The van der Waals surface area contributed by atoms with E-state index in [2.05, 4.69) is 0 Å². The average molecular weight is 343 g/mol. The van der Waals surface area contributed by atoms with Gasteiger partial charge in [-0.05, 0) is 53.2 Å². The summed E-state index contributed by atoms with van der Waals surface area (Å²) in [5.41, 5.74) is 1.47. The van der Waals surface area contributed by atoms with Gasteiger partial charge in [-0.2, -0.15) is 0 Å². The highest BCUT2D eigenvalue weighted by Crippen LogP contribution is 2.33. The van der Waals surface area contributed by atoms with E-state index in [1.54, 1.807) is 37.5 Å². The van der Waals surface area contributed by atoms with Gasteiger partial charge in [0, 0.05) is 0 Å². The van der Waals surface area contributed by atoms with Crippen molar-refractivity contribution in [3.05, 3.63) is 70.4 Å². The fourth-order valence-electron chi connectivity index (χ4n) is 2.29. The second kappa shape index (κ2) is 6.88. The molecule has 0 aliphatic carbocycles. The predicted molar refractivity (Wildman–Crippen MR) is 90.9 cm³/mol. The summed E-state index contributed by atoms with van der Waals surface area (Å²) < 4.78 is 18.1. The van der Waals surface area contributed by atoms with Crippen LogP contribution in [0.1, 0.15) is 11.1 Å². The third-order valence-corrected chi connectivity index (χ3v) is 4.43. The zero-order chi connectivity index (χ0) is 17.1. The number of nitrogens with zero attached hydrogens (tertiary/aromatic N) is 1. The van der Waals surface area contributed by atoms with E-state index in [0.29, 0.717) is 16.2 Å². The van der Waals surface area contributed by atoms with E-state index < -0.39 is 0 Å². The van der Waals surface area contributed by atoms with Crippen molar-refractivity contribution in [3.8, 4) is 5.75 Å². The van der Waals surface area contributed by atoms with Gasteiger partial charge in [0.05, 0.1) is 18.6 Å². The number of amides is 2. The Balaban J connectivity index is 1.80. The zero-order valence-corrected chi connectivity index (χ0v) is 13.7. The highest BCUT2D eigenvalue weighted by atomic mass is 32.2. The molecule has 2 amide bonds. The van der Waals surface area contributed by atoms with Gasteiger partial charge in [0.2, 0.25) is 0 Å². The second-order valence-electron chi connectivity index (χ2n) is 5.17. The summed E-state index contributed by atoms with van der Waals surface area (Å²) in [4.78, 5) is 26.1. The standard InChI is InChI=1S/C18H14FNO3S/c1-23-15-4-2-3-13(9-15)10-16-17(21)20(18(22)24-16)11-12-5-7-14(19)8-6-12/h2-10H,11H2,1H3/b16-10-. The quantitative estimate of drug-likeness (QED) is 0.785. The number of hydrogen-bond acceptors (Lipinski definition) is 4. The minimum Gasteiger partial charge on any atom is -0.497 e. The van der Waals surface area contributed by atoms with Crippen LogP contribution in [0, 0.1) is 5.82 Å². The number of benzene rings is 2. The first-order valence-electron chi connectivity index (χ1n) is 7.20. The summed E-state index contributed by atoms with van der Waals surface area (Å²) in [6, 6.07) is 13.0. The Morgan fingerprint density at radius 1 is 1.17 bits per heavy atom. The molecule has 1 aliphatic rings. The fraction of sp³-hybridized carbons (Fsp3) is 0.111. The summed E-state index contributed by atoms with van der Waals surface area (Å²) in [7, 11) is 1.57. The number of rotatable bonds is 4. The van der Waals surface area contributed by atoms with Gasteiger partial charge in [-0.15, -0.1) is 0 Å². The Hall–Kier alpha value is -2.60. The molecule has 0 N–H and O–H groups in total. The summed E-state index contributed by atoms with van der Waals surface area (Å²) in [6.07, 6.45) is 1.66. The van der Waals surface area contributed by atoms with E-state index in [0.717, 1.165) is 22.2 Å². The van der Waals surface area contributed by atoms with Gasteiger partial charge in [-0.1, -0.05) is 24.3 Å². The van der Waals surface area contributed by atoms with E-state index in [-0.39, 0.29) is 23.5 Å². The SMILES string of the molecule is COc1cccc(/C=C2\SC(=O)N(Cc3ccc(F)cc3)C2=O)c1. The number of ether oxygens (including phenoxy) is 1. The third kappa shape index (κ3) is 3.49. The summed E-state index contributed by atoms with van der Waals surface area (Å²) in [6.45, 7) is 0.125. The van der Waals surface area contributed by atoms with Crippen LogP contribution in [0.5, 0.6) is 5.75 Å². The number of halogens is 1. The average Bonchev–Trinajstić information content (AvgIpc) is 2.84. The Labute approximate surface area is 142 Å². The minimum atomic E-state index is -0.356. The molecular weight excluding hydrogens is 329 g/mol. The summed E-state index contributed by atoms with van der Waals surface area (Å²) in [5, 5.41) is -0.335. The molecule has 3 rings (SSSR count). The monoisotopic (exact) mass is 343 g/mol. The maximum Gasteiger partial charge on any atom is 0.293 e. The van der Waals surface area contributed by atoms with Crippen molar-refractivity contribution in [3.63, 3.8) is 0 Å². The Morgan fingerprint density at radius 2 is 1.92 bits per heavy atom. The molecule has 4 nitrogen and oxygen atoms in total. The molecule has 1 saturated heterocycles. The van der Waals surface area contributed by atoms with Gasteiger partial charge >= 0.3 is 0 Å². The molecule has 1 heterocycles. The lowest BCUT2D eigenvalue weighted by Gasteiger charge is -2.12. The minimum absolute atomic E-state index is 0.125. The van der Waals surface area contributed by atoms with Crippen LogP contribution in [-0.2, 0) is 11.3 Å². The topological polar surface area (TPSA) is 46.6 Å². The van der Waals surface area contributed by atoms with Crippen molar-refractivity contribution in [2.45, 2.75) is 6.54 Å². The molecular formula is C18H14FNO3S. The molecule has 0 saturated carbocycles. The van der Waals surface area contributed by atoms with Crippen molar-refractivity contribution >= 4 is 29.0 Å². The van der Waals surface area contributed by atoms with Crippen LogP contribution in [-0.4, -0.2) is 23.2 Å². The van der Waals surface area contributed by atoms with Gasteiger partial charge in [-0.3, -0.25) is 14.5 Å². The lowest BCUT2D eigenvalue weighted by atomic mass is 10.2. The zero-order valence-electron chi connectivity index (χ0n) is 12.9. The van der Waals surface area contributed by atoms with Crippen LogP contribution in [0.3, 0.4) is 0 Å². The van der Waals surface area contributed by atoms with Crippen LogP contribution in [0.25, 0.3) is 6.08 Å². The first kappa shape index (κ1) is 16.3. The number of carbonyl (C=O) groups excluding carboxylic acids is 2. The Bertz CT molecular complexity index is 817.